The van der Waals surface area contributed by atoms with Crippen molar-refractivity contribution < 1.29 is 13.9 Å². The predicted molar refractivity (Wildman–Crippen MR) is 43.0 cm³/mol. The molecule has 0 aromatic heterocycles. The van der Waals surface area contributed by atoms with Crippen LogP contribution in [0.4, 0.5) is 4.39 Å². The number of hydrogen-bond acceptors (Lipinski definition) is 2. The van der Waals surface area contributed by atoms with Crippen molar-refractivity contribution in [3.05, 3.63) is 29.0 Å². The fourth-order valence-corrected chi connectivity index (χ4v) is 0.875. The fraction of sp³-hybridized carbons (Fsp3) is 0.125. The second-order valence-electron chi connectivity index (χ2n) is 2.05. The van der Waals surface area contributed by atoms with Crippen molar-refractivity contribution in [2.75, 3.05) is 6.61 Å². The molecule has 0 aliphatic rings. The molecule has 1 rings (SSSR count). The first-order valence-corrected chi connectivity index (χ1v) is 3.63. The van der Waals surface area contributed by atoms with Crippen LogP contribution in [0.15, 0.2) is 18.2 Å². The van der Waals surface area contributed by atoms with Crippen LogP contribution in [0.2, 0.25) is 5.02 Å². The van der Waals surface area contributed by atoms with Crippen LogP contribution in [-0.4, -0.2) is 12.9 Å². The van der Waals surface area contributed by atoms with Gasteiger partial charge in [-0.1, -0.05) is 11.6 Å². The number of hydrogen-bond donors (Lipinski definition) is 0. The topological polar surface area (TPSA) is 26.3 Å². The van der Waals surface area contributed by atoms with Crippen LogP contribution in [0.3, 0.4) is 0 Å². The van der Waals surface area contributed by atoms with Gasteiger partial charge in [-0.05, 0) is 18.2 Å². The largest absolute Gasteiger partial charge is 0.483 e. The molecule has 0 amide bonds. The number of benzene rings is 1. The summed E-state index contributed by atoms with van der Waals surface area (Å²) >= 11 is 5.49. The Balaban J connectivity index is 2.78. The van der Waals surface area contributed by atoms with Gasteiger partial charge in [-0.2, -0.15) is 0 Å². The standard InChI is InChI=1S/C8H6ClFO2/c9-6-1-2-8(7(10)5-6)12-4-3-11/h1-3,5H,4H2. The van der Waals surface area contributed by atoms with E-state index in [4.69, 9.17) is 16.3 Å². The van der Waals surface area contributed by atoms with Crippen molar-refractivity contribution in [1.82, 2.24) is 0 Å². The van der Waals surface area contributed by atoms with Crippen LogP contribution < -0.4 is 4.74 Å². The number of carbonyl (C=O) groups is 1. The van der Waals surface area contributed by atoms with Crippen LogP contribution in [0.1, 0.15) is 0 Å². The summed E-state index contributed by atoms with van der Waals surface area (Å²) in [6.07, 6.45) is 0.550. The minimum atomic E-state index is -0.565. The van der Waals surface area contributed by atoms with Crippen LogP contribution in [-0.2, 0) is 4.79 Å². The summed E-state index contributed by atoms with van der Waals surface area (Å²) in [5, 5.41) is 0.297. The highest BCUT2D eigenvalue weighted by Gasteiger charge is 2.02. The smallest absolute Gasteiger partial charge is 0.166 e. The minimum absolute atomic E-state index is 0.0338. The molecule has 0 spiro atoms. The average Bonchev–Trinajstić information content (AvgIpc) is 2.03. The van der Waals surface area contributed by atoms with E-state index in [0.29, 0.717) is 11.3 Å². The van der Waals surface area contributed by atoms with Gasteiger partial charge in [0.1, 0.15) is 6.61 Å². The van der Waals surface area contributed by atoms with E-state index in [0.717, 1.165) is 6.07 Å². The molecule has 1 aromatic carbocycles. The molecule has 1 aromatic rings. The zero-order valence-electron chi connectivity index (χ0n) is 6.09. The lowest BCUT2D eigenvalue weighted by Crippen LogP contribution is -1.99. The third kappa shape index (κ3) is 2.20. The molecular formula is C8H6ClFO2. The normalized spacial score (nSPS) is 9.50. The minimum Gasteiger partial charge on any atom is -0.483 e. The van der Waals surface area contributed by atoms with Gasteiger partial charge in [0.05, 0.1) is 0 Å². The monoisotopic (exact) mass is 188 g/mol. The summed E-state index contributed by atoms with van der Waals surface area (Å²) in [5.74, 6) is -0.532. The summed E-state index contributed by atoms with van der Waals surface area (Å²) in [4.78, 5) is 9.88. The SMILES string of the molecule is O=CCOc1ccc(Cl)cc1F. The first-order valence-electron chi connectivity index (χ1n) is 3.25. The van der Waals surface area contributed by atoms with Crippen molar-refractivity contribution in [1.29, 1.82) is 0 Å². The van der Waals surface area contributed by atoms with Gasteiger partial charge in [0.25, 0.3) is 0 Å². The van der Waals surface area contributed by atoms with Crippen molar-refractivity contribution >= 4 is 17.9 Å². The Morgan fingerprint density at radius 2 is 2.33 bits per heavy atom. The van der Waals surface area contributed by atoms with Gasteiger partial charge in [0.15, 0.2) is 17.9 Å². The van der Waals surface area contributed by atoms with Crippen LogP contribution >= 0.6 is 11.6 Å². The molecule has 0 aliphatic heterocycles. The number of halogens is 2. The van der Waals surface area contributed by atoms with Crippen molar-refractivity contribution in [3.63, 3.8) is 0 Å². The highest BCUT2D eigenvalue weighted by Crippen LogP contribution is 2.20. The summed E-state index contributed by atoms with van der Waals surface area (Å²) < 4.78 is 17.6. The van der Waals surface area contributed by atoms with Gasteiger partial charge in [-0.25, -0.2) is 4.39 Å². The lowest BCUT2D eigenvalue weighted by Gasteiger charge is -2.02. The first-order chi connectivity index (χ1) is 5.74. The Labute approximate surface area is 73.9 Å². The number of carbonyl (C=O) groups excluding carboxylic acids is 1. The maximum absolute atomic E-state index is 12.8. The van der Waals surface area contributed by atoms with E-state index < -0.39 is 5.82 Å². The molecule has 0 aliphatic carbocycles. The second-order valence-corrected chi connectivity index (χ2v) is 2.49. The Morgan fingerprint density at radius 1 is 1.58 bits per heavy atom. The maximum atomic E-state index is 12.8. The van der Waals surface area contributed by atoms with Gasteiger partial charge >= 0.3 is 0 Å². The molecular weight excluding hydrogens is 183 g/mol. The maximum Gasteiger partial charge on any atom is 0.166 e. The molecule has 0 heterocycles. The lowest BCUT2D eigenvalue weighted by molar-refractivity contribution is -0.109. The molecule has 0 N–H and O–H groups in total. The van der Waals surface area contributed by atoms with Crippen molar-refractivity contribution in [3.8, 4) is 5.75 Å². The van der Waals surface area contributed by atoms with Crippen molar-refractivity contribution in [2.24, 2.45) is 0 Å². The van der Waals surface area contributed by atoms with Gasteiger partial charge in [-0.3, -0.25) is 4.79 Å². The molecule has 0 bridgehead atoms. The van der Waals surface area contributed by atoms with Gasteiger partial charge in [0.2, 0.25) is 0 Å². The zero-order valence-corrected chi connectivity index (χ0v) is 6.84. The Kier molecular flexibility index (Phi) is 3.05. The number of aldehydes is 1. The summed E-state index contributed by atoms with van der Waals surface area (Å²) in [5.41, 5.74) is 0. The van der Waals surface area contributed by atoms with Gasteiger partial charge in [-0.15, -0.1) is 0 Å². The lowest BCUT2D eigenvalue weighted by atomic mass is 10.3. The van der Waals surface area contributed by atoms with Crippen molar-refractivity contribution in [2.45, 2.75) is 0 Å². The third-order valence-corrected chi connectivity index (χ3v) is 1.44. The Morgan fingerprint density at radius 3 is 2.92 bits per heavy atom. The highest BCUT2D eigenvalue weighted by atomic mass is 35.5. The van der Waals surface area contributed by atoms with E-state index >= 15 is 0 Å². The average molecular weight is 189 g/mol. The summed E-state index contributed by atoms with van der Waals surface area (Å²) in [6, 6.07) is 3.99. The third-order valence-electron chi connectivity index (χ3n) is 1.20. The second kappa shape index (κ2) is 4.07. The Bertz CT molecular complexity index is 288. The van der Waals surface area contributed by atoms with Crippen LogP contribution in [0.5, 0.6) is 5.75 Å². The van der Waals surface area contributed by atoms with E-state index in [9.17, 15) is 9.18 Å². The molecule has 0 radical (unpaired) electrons. The fourth-order valence-electron chi connectivity index (χ4n) is 0.716. The molecule has 4 heteroatoms. The van der Waals surface area contributed by atoms with E-state index in [1.165, 1.54) is 12.1 Å². The Hall–Kier alpha value is -1.09. The quantitative estimate of drug-likeness (QED) is 0.679. The molecule has 64 valence electrons. The van der Waals surface area contributed by atoms with E-state index in [2.05, 4.69) is 0 Å². The molecule has 12 heavy (non-hydrogen) atoms. The molecule has 0 saturated carbocycles. The van der Waals surface area contributed by atoms with Crippen LogP contribution in [0, 0.1) is 5.82 Å². The van der Waals surface area contributed by atoms with Crippen LogP contribution in [0.25, 0.3) is 0 Å². The zero-order chi connectivity index (χ0) is 8.97. The number of rotatable bonds is 3. The van der Waals surface area contributed by atoms with E-state index in [-0.39, 0.29) is 12.4 Å². The molecule has 0 saturated heterocycles. The first kappa shape index (κ1) is 9.00. The summed E-state index contributed by atoms with van der Waals surface area (Å²) in [7, 11) is 0. The molecule has 2 nitrogen and oxygen atoms in total. The predicted octanol–water partition coefficient (Wildman–Crippen LogP) is 2.06. The number of ether oxygens (including phenoxy) is 1. The molecule has 0 fully saturated rings. The summed E-state index contributed by atoms with van der Waals surface area (Å²) in [6.45, 7) is -0.154. The van der Waals surface area contributed by atoms with Gasteiger partial charge in [0, 0.05) is 5.02 Å². The van der Waals surface area contributed by atoms with E-state index in [1.807, 2.05) is 0 Å². The molecule has 0 unspecified atom stereocenters. The highest BCUT2D eigenvalue weighted by molar-refractivity contribution is 6.30. The molecule has 0 atom stereocenters. The van der Waals surface area contributed by atoms with E-state index in [1.54, 1.807) is 0 Å². The van der Waals surface area contributed by atoms with Gasteiger partial charge < -0.3 is 4.74 Å².